The van der Waals surface area contributed by atoms with Gasteiger partial charge in [-0.05, 0) is 31.9 Å². The standard InChI is InChI=1S/C20H29N3O3/c1-22-18-14(11-23-16(18)8-5-9-17(23)25)15(12-24)19(22)20(26)21-10-13-6-3-2-4-7-13/h5,8-9,13-15,18-19,24H,2-4,6-7,10-12H2,1H3,(H,21,26)/t14-,15-,18+,19-/m0/s1. The van der Waals surface area contributed by atoms with E-state index < -0.39 is 0 Å². The van der Waals surface area contributed by atoms with Crippen molar-refractivity contribution in [2.24, 2.45) is 17.8 Å². The number of aliphatic hydroxyl groups is 1. The van der Waals surface area contributed by atoms with Gasteiger partial charge < -0.3 is 15.0 Å². The van der Waals surface area contributed by atoms with Crippen molar-refractivity contribution in [3.05, 3.63) is 34.2 Å². The molecule has 0 aromatic carbocycles. The zero-order chi connectivity index (χ0) is 18.3. The van der Waals surface area contributed by atoms with E-state index in [1.54, 1.807) is 16.7 Å². The van der Waals surface area contributed by atoms with E-state index in [1.807, 2.05) is 13.1 Å². The van der Waals surface area contributed by atoms with E-state index in [9.17, 15) is 14.7 Å². The van der Waals surface area contributed by atoms with Crippen molar-refractivity contribution in [1.82, 2.24) is 14.8 Å². The zero-order valence-electron chi connectivity index (χ0n) is 15.4. The van der Waals surface area contributed by atoms with Crippen LogP contribution in [0.4, 0.5) is 0 Å². The van der Waals surface area contributed by atoms with Crippen molar-refractivity contribution >= 4 is 5.91 Å². The lowest BCUT2D eigenvalue weighted by molar-refractivity contribution is -0.127. The molecule has 4 atom stereocenters. The number of likely N-dealkylation sites (tertiary alicyclic amines) is 1. The molecular weight excluding hydrogens is 330 g/mol. The van der Waals surface area contributed by atoms with Crippen LogP contribution < -0.4 is 10.9 Å². The number of aliphatic hydroxyl groups excluding tert-OH is 1. The molecule has 1 aliphatic carbocycles. The highest BCUT2D eigenvalue weighted by Gasteiger charge is 2.53. The van der Waals surface area contributed by atoms with Gasteiger partial charge in [0.2, 0.25) is 5.91 Å². The lowest BCUT2D eigenvalue weighted by atomic mass is 9.87. The van der Waals surface area contributed by atoms with Crippen LogP contribution in [0, 0.1) is 17.8 Å². The molecule has 4 rings (SSSR count). The number of amides is 1. The second kappa shape index (κ2) is 7.16. The quantitative estimate of drug-likeness (QED) is 0.845. The number of likely N-dealkylation sites (N-methyl/N-ethyl adjacent to an activating group) is 1. The number of rotatable bonds is 4. The van der Waals surface area contributed by atoms with Crippen LogP contribution in [0.15, 0.2) is 23.0 Å². The SMILES string of the molecule is CN1[C@H](C(=O)NCC2CCCCC2)[C@@H](CO)[C@@H]2Cn3c(cccc3=O)[C@@H]21. The number of hydrogen-bond donors (Lipinski definition) is 2. The number of aromatic nitrogens is 1. The van der Waals surface area contributed by atoms with E-state index in [0.717, 1.165) is 12.2 Å². The fourth-order valence-electron chi connectivity index (χ4n) is 5.46. The molecule has 1 saturated carbocycles. The third-order valence-electron chi connectivity index (χ3n) is 6.79. The molecule has 0 radical (unpaired) electrons. The Hall–Kier alpha value is -1.66. The van der Waals surface area contributed by atoms with E-state index >= 15 is 0 Å². The van der Waals surface area contributed by atoms with Crippen molar-refractivity contribution in [1.29, 1.82) is 0 Å². The molecule has 142 valence electrons. The van der Waals surface area contributed by atoms with Crippen LogP contribution in [0.2, 0.25) is 0 Å². The van der Waals surface area contributed by atoms with Gasteiger partial charge in [0.15, 0.2) is 0 Å². The Morgan fingerprint density at radius 3 is 2.77 bits per heavy atom. The molecule has 6 heteroatoms. The predicted molar refractivity (Wildman–Crippen MR) is 98.6 cm³/mol. The summed E-state index contributed by atoms with van der Waals surface area (Å²) in [6.45, 7) is 1.30. The average Bonchev–Trinajstić information content (AvgIpc) is 3.17. The first-order valence-electron chi connectivity index (χ1n) is 9.92. The monoisotopic (exact) mass is 359 g/mol. The fraction of sp³-hybridized carbons (Fsp3) is 0.700. The largest absolute Gasteiger partial charge is 0.396 e. The normalized spacial score (nSPS) is 31.6. The summed E-state index contributed by atoms with van der Waals surface area (Å²) in [5.41, 5.74) is 0.964. The van der Waals surface area contributed by atoms with Crippen molar-refractivity contribution in [2.45, 2.75) is 50.7 Å². The fourth-order valence-corrected chi connectivity index (χ4v) is 5.46. The summed E-state index contributed by atoms with van der Waals surface area (Å²) in [6, 6.07) is 5.02. The molecule has 1 saturated heterocycles. The molecule has 0 unspecified atom stereocenters. The van der Waals surface area contributed by atoms with Crippen LogP contribution in [-0.4, -0.2) is 46.7 Å². The third kappa shape index (κ3) is 2.89. The van der Waals surface area contributed by atoms with Gasteiger partial charge in [0.05, 0.1) is 12.1 Å². The molecule has 2 N–H and O–H groups in total. The Labute approximate surface area is 154 Å². The van der Waals surface area contributed by atoms with Crippen LogP contribution in [0.1, 0.15) is 43.8 Å². The summed E-state index contributed by atoms with van der Waals surface area (Å²) in [6.07, 6.45) is 6.24. The predicted octanol–water partition coefficient (Wildman–Crippen LogP) is 1.14. The summed E-state index contributed by atoms with van der Waals surface area (Å²) in [5.74, 6) is 0.573. The summed E-state index contributed by atoms with van der Waals surface area (Å²) in [4.78, 5) is 27.2. The molecule has 1 aromatic rings. The molecule has 1 aromatic heterocycles. The highest BCUT2D eigenvalue weighted by molar-refractivity contribution is 5.82. The van der Waals surface area contributed by atoms with Crippen molar-refractivity contribution in [2.75, 3.05) is 20.2 Å². The van der Waals surface area contributed by atoms with Gasteiger partial charge in [-0.25, -0.2) is 0 Å². The molecule has 0 bridgehead atoms. The van der Waals surface area contributed by atoms with Crippen LogP contribution in [0.25, 0.3) is 0 Å². The minimum Gasteiger partial charge on any atom is -0.396 e. The Kier molecular flexibility index (Phi) is 4.88. The lowest BCUT2D eigenvalue weighted by Gasteiger charge is -2.28. The summed E-state index contributed by atoms with van der Waals surface area (Å²) in [7, 11) is 1.95. The molecule has 3 aliphatic rings. The number of pyridine rings is 1. The Morgan fingerprint density at radius 2 is 2.04 bits per heavy atom. The van der Waals surface area contributed by atoms with Gasteiger partial charge in [-0.3, -0.25) is 14.5 Å². The zero-order valence-corrected chi connectivity index (χ0v) is 15.4. The molecule has 0 spiro atoms. The molecule has 2 fully saturated rings. The number of carbonyl (C=O) groups excluding carboxylic acids is 1. The molecule has 26 heavy (non-hydrogen) atoms. The van der Waals surface area contributed by atoms with E-state index in [0.29, 0.717) is 12.5 Å². The van der Waals surface area contributed by atoms with Gasteiger partial charge in [0, 0.05) is 43.3 Å². The van der Waals surface area contributed by atoms with Gasteiger partial charge >= 0.3 is 0 Å². The maximum atomic E-state index is 12.9. The van der Waals surface area contributed by atoms with Crippen LogP contribution in [-0.2, 0) is 11.3 Å². The van der Waals surface area contributed by atoms with E-state index in [4.69, 9.17) is 0 Å². The number of carbonyl (C=O) groups is 1. The molecule has 6 nitrogen and oxygen atoms in total. The Bertz CT molecular complexity index is 725. The molecule has 2 aliphatic heterocycles. The number of nitrogens with one attached hydrogen (secondary N) is 1. The van der Waals surface area contributed by atoms with Crippen molar-refractivity contribution in [3.63, 3.8) is 0 Å². The maximum Gasteiger partial charge on any atom is 0.250 e. The minimum atomic E-state index is -0.331. The van der Waals surface area contributed by atoms with Crippen molar-refractivity contribution < 1.29 is 9.90 Å². The highest BCUT2D eigenvalue weighted by Crippen LogP contribution is 2.47. The smallest absolute Gasteiger partial charge is 0.250 e. The summed E-state index contributed by atoms with van der Waals surface area (Å²) < 4.78 is 1.80. The molecular formula is C20H29N3O3. The molecule has 1 amide bonds. The summed E-state index contributed by atoms with van der Waals surface area (Å²) >= 11 is 0. The number of hydrogen-bond acceptors (Lipinski definition) is 4. The first-order chi connectivity index (χ1) is 12.6. The third-order valence-corrected chi connectivity index (χ3v) is 6.79. The number of fused-ring (bicyclic) bond motifs is 3. The van der Waals surface area contributed by atoms with Gasteiger partial charge in [0.1, 0.15) is 0 Å². The second-order valence-corrected chi connectivity index (χ2v) is 8.21. The van der Waals surface area contributed by atoms with E-state index in [2.05, 4.69) is 10.2 Å². The van der Waals surface area contributed by atoms with E-state index in [-0.39, 0.29) is 42.0 Å². The van der Waals surface area contributed by atoms with Crippen molar-refractivity contribution in [3.8, 4) is 0 Å². The second-order valence-electron chi connectivity index (χ2n) is 8.21. The first kappa shape index (κ1) is 17.7. The first-order valence-corrected chi connectivity index (χ1v) is 9.92. The average molecular weight is 359 g/mol. The minimum absolute atomic E-state index is 0.000268. The van der Waals surface area contributed by atoms with Gasteiger partial charge in [-0.1, -0.05) is 25.3 Å². The van der Waals surface area contributed by atoms with Crippen LogP contribution in [0.5, 0.6) is 0 Å². The highest BCUT2D eigenvalue weighted by atomic mass is 16.3. The van der Waals surface area contributed by atoms with Crippen LogP contribution in [0.3, 0.4) is 0 Å². The van der Waals surface area contributed by atoms with Gasteiger partial charge in [-0.2, -0.15) is 0 Å². The molecule has 3 heterocycles. The maximum absolute atomic E-state index is 12.9. The topological polar surface area (TPSA) is 74.6 Å². The van der Waals surface area contributed by atoms with Gasteiger partial charge in [0.25, 0.3) is 5.56 Å². The Morgan fingerprint density at radius 1 is 1.27 bits per heavy atom. The van der Waals surface area contributed by atoms with Crippen LogP contribution >= 0.6 is 0 Å². The van der Waals surface area contributed by atoms with Gasteiger partial charge in [-0.15, -0.1) is 0 Å². The number of nitrogens with zero attached hydrogens (tertiary/aromatic N) is 2. The summed E-state index contributed by atoms with van der Waals surface area (Å²) in [5, 5.41) is 13.2. The Balaban J connectivity index is 1.50. The van der Waals surface area contributed by atoms with E-state index in [1.165, 1.54) is 32.1 Å². The lowest BCUT2D eigenvalue weighted by Crippen LogP contribution is -2.48.